The first-order chi connectivity index (χ1) is 11.9. The van der Waals surface area contributed by atoms with Crippen LogP contribution in [0.25, 0.3) is 0 Å². The predicted octanol–water partition coefficient (Wildman–Crippen LogP) is 3.77. The SMILES string of the molecule is COC(=O)c1ccc(CNc2cccc(C(F)(F)F)n2)nc1C1CC1. The molecular weight excluding hydrogens is 335 g/mol. The monoisotopic (exact) mass is 351 g/mol. The highest BCUT2D eigenvalue weighted by Gasteiger charge is 2.32. The Bertz CT molecular complexity index is 789. The van der Waals surface area contributed by atoms with Gasteiger partial charge in [0.2, 0.25) is 0 Å². The number of carbonyl (C=O) groups is 1. The van der Waals surface area contributed by atoms with Gasteiger partial charge >= 0.3 is 12.1 Å². The average Bonchev–Trinajstić information content (AvgIpc) is 3.43. The second-order valence-corrected chi connectivity index (χ2v) is 5.76. The Morgan fingerprint density at radius 3 is 2.64 bits per heavy atom. The van der Waals surface area contributed by atoms with Crippen molar-refractivity contribution in [3.63, 3.8) is 0 Å². The molecule has 5 nitrogen and oxygen atoms in total. The smallest absolute Gasteiger partial charge is 0.433 e. The fourth-order valence-electron chi connectivity index (χ4n) is 2.44. The summed E-state index contributed by atoms with van der Waals surface area (Å²) >= 11 is 0. The standard InChI is InChI=1S/C17H16F3N3O2/c1-25-16(24)12-8-7-11(22-15(12)10-5-6-10)9-21-14-4-2-3-13(23-14)17(18,19)20/h2-4,7-8,10H,5-6,9H2,1H3,(H,21,23). The number of halogens is 3. The summed E-state index contributed by atoms with van der Waals surface area (Å²) in [5, 5.41) is 2.83. The number of pyridine rings is 2. The predicted molar refractivity (Wildman–Crippen MR) is 84.1 cm³/mol. The number of methoxy groups -OCH3 is 1. The minimum atomic E-state index is -4.49. The molecule has 132 valence electrons. The molecule has 8 heteroatoms. The number of carbonyl (C=O) groups excluding carboxylic acids is 1. The van der Waals surface area contributed by atoms with E-state index in [0.29, 0.717) is 17.0 Å². The highest BCUT2D eigenvalue weighted by molar-refractivity contribution is 5.90. The normalized spacial score (nSPS) is 14.2. The Morgan fingerprint density at radius 2 is 2.00 bits per heavy atom. The minimum Gasteiger partial charge on any atom is -0.465 e. The van der Waals surface area contributed by atoms with Crippen molar-refractivity contribution in [2.45, 2.75) is 31.5 Å². The molecule has 2 aromatic heterocycles. The Kier molecular flexibility index (Phi) is 4.61. The number of ether oxygens (including phenoxy) is 1. The highest BCUT2D eigenvalue weighted by Crippen LogP contribution is 2.40. The molecule has 0 unspecified atom stereocenters. The van der Waals surface area contributed by atoms with E-state index in [-0.39, 0.29) is 18.3 Å². The number of hydrogen-bond acceptors (Lipinski definition) is 5. The Labute approximate surface area is 142 Å². The first kappa shape index (κ1) is 17.2. The topological polar surface area (TPSA) is 64.1 Å². The molecule has 3 rings (SSSR count). The summed E-state index contributed by atoms with van der Waals surface area (Å²) in [6.07, 6.45) is -2.57. The van der Waals surface area contributed by atoms with Crippen LogP contribution < -0.4 is 5.32 Å². The van der Waals surface area contributed by atoms with E-state index in [1.807, 2.05) is 0 Å². The van der Waals surface area contributed by atoms with E-state index in [0.717, 1.165) is 18.9 Å². The number of anilines is 1. The van der Waals surface area contributed by atoms with Gasteiger partial charge in [-0.2, -0.15) is 13.2 Å². The van der Waals surface area contributed by atoms with Crippen molar-refractivity contribution in [2.24, 2.45) is 0 Å². The lowest BCUT2D eigenvalue weighted by atomic mass is 10.1. The zero-order valence-corrected chi connectivity index (χ0v) is 13.4. The summed E-state index contributed by atoms with van der Waals surface area (Å²) in [6, 6.07) is 6.96. The van der Waals surface area contributed by atoms with E-state index >= 15 is 0 Å². The Balaban J connectivity index is 1.76. The van der Waals surface area contributed by atoms with Crippen LogP contribution in [-0.2, 0) is 17.5 Å². The fraction of sp³-hybridized carbons (Fsp3) is 0.353. The van der Waals surface area contributed by atoms with Gasteiger partial charge in [-0.05, 0) is 37.1 Å². The van der Waals surface area contributed by atoms with E-state index in [9.17, 15) is 18.0 Å². The quantitative estimate of drug-likeness (QED) is 0.831. The van der Waals surface area contributed by atoms with Crippen LogP contribution >= 0.6 is 0 Å². The zero-order chi connectivity index (χ0) is 18.0. The molecule has 1 fully saturated rings. The van der Waals surface area contributed by atoms with E-state index in [1.165, 1.54) is 19.2 Å². The van der Waals surface area contributed by atoms with Gasteiger partial charge in [0.25, 0.3) is 0 Å². The number of rotatable bonds is 5. The van der Waals surface area contributed by atoms with Gasteiger partial charge in [0.05, 0.1) is 30.6 Å². The van der Waals surface area contributed by atoms with E-state index in [2.05, 4.69) is 15.3 Å². The lowest BCUT2D eigenvalue weighted by molar-refractivity contribution is -0.141. The molecule has 1 saturated carbocycles. The number of hydrogen-bond donors (Lipinski definition) is 1. The third-order valence-corrected chi connectivity index (χ3v) is 3.84. The molecule has 1 aliphatic carbocycles. The van der Waals surface area contributed by atoms with E-state index in [1.54, 1.807) is 12.1 Å². The maximum atomic E-state index is 12.7. The summed E-state index contributed by atoms with van der Waals surface area (Å²) in [5.41, 5.74) is 0.785. The number of nitrogens with one attached hydrogen (secondary N) is 1. The fourth-order valence-corrected chi connectivity index (χ4v) is 2.44. The van der Waals surface area contributed by atoms with Crippen LogP contribution in [0.2, 0.25) is 0 Å². The Morgan fingerprint density at radius 1 is 1.24 bits per heavy atom. The van der Waals surface area contributed by atoms with Crippen LogP contribution in [-0.4, -0.2) is 23.0 Å². The van der Waals surface area contributed by atoms with Gasteiger partial charge in [0.15, 0.2) is 0 Å². The summed E-state index contributed by atoms with van der Waals surface area (Å²) in [6.45, 7) is 0.204. The number of nitrogens with zero attached hydrogens (tertiary/aromatic N) is 2. The number of aromatic nitrogens is 2. The van der Waals surface area contributed by atoms with Crippen molar-refractivity contribution in [1.82, 2.24) is 9.97 Å². The first-order valence-electron chi connectivity index (χ1n) is 7.74. The van der Waals surface area contributed by atoms with Crippen molar-refractivity contribution in [1.29, 1.82) is 0 Å². The van der Waals surface area contributed by atoms with Crippen molar-refractivity contribution >= 4 is 11.8 Å². The second kappa shape index (κ2) is 6.70. The molecule has 0 bridgehead atoms. The van der Waals surface area contributed by atoms with E-state index in [4.69, 9.17) is 4.74 Å². The van der Waals surface area contributed by atoms with Crippen LogP contribution in [0, 0.1) is 0 Å². The van der Waals surface area contributed by atoms with Crippen LogP contribution in [0.3, 0.4) is 0 Å². The molecule has 0 aliphatic heterocycles. The molecule has 1 aliphatic rings. The lowest BCUT2D eigenvalue weighted by Gasteiger charge is -2.11. The minimum absolute atomic E-state index is 0.113. The van der Waals surface area contributed by atoms with Crippen molar-refractivity contribution < 1.29 is 22.7 Å². The lowest BCUT2D eigenvalue weighted by Crippen LogP contribution is -2.12. The molecule has 1 N–H and O–H groups in total. The molecule has 2 heterocycles. The Hall–Kier alpha value is -2.64. The average molecular weight is 351 g/mol. The van der Waals surface area contributed by atoms with Crippen LogP contribution in [0.4, 0.5) is 19.0 Å². The summed E-state index contributed by atoms with van der Waals surface area (Å²) in [7, 11) is 1.31. The summed E-state index contributed by atoms with van der Waals surface area (Å²) in [4.78, 5) is 19.8. The molecule has 0 saturated heterocycles. The largest absolute Gasteiger partial charge is 0.465 e. The zero-order valence-electron chi connectivity index (χ0n) is 13.4. The van der Waals surface area contributed by atoms with Crippen LogP contribution in [0.5, 0.6) is 0 Å². The number of esters is 1. The molecule has 0 spiro atoms. The van der Waals surface area contributed by atoms with Gasteiger partial charge in [0, 0.05) is 5.92 Å². The molecule has 0 aromatic carbocycles. The van der Waals surface area contributed by atoms with Gasteiger partial charge in [-0.3, -0.25) is 4.98 Å². The maximum absolute atomic E-state index is 12.7. The second-order valence-electron chi connectivity index (χ2n) is 5.76. The first-order valence-corrected chi connectivity index (χ1v) is 7.74. The molecular formula is C17H16F3N3O2. The van der Waals surface area contributed by atoms with Gasteiger partial charge < -0.3 is 10.1 Å². The third-order valence-electron chi connectivity index (χ3n) is 3.84. The molecule has 2 aromatic rings. The maximum Gasteiger partial charge on any atom is 0.433 e. The van der Waals surface area contributed by atoms with Gasteiger partial charge in [-0.15, -0.1) is 0 Å². The molecule has 0 atom stereocenters. The molecule has 0 amide bonds. The van der Waals surface area contributed by atoms with Crippen LogP contribution in [0.15, 0.2) is 30.3 Å². The highest BCUT2D eigenvalue weighted by atomic mass is 19.4. The molecule has 0 radical (unpaired) electrons. The summed E-state index contributed by atoms with van der Waals surface area (Å²) in [5.74, 6) is -0.0872. The third kappa shape index (κ3) is 4.07. The number of alkyl halides is 3. The van der Waals surface area contributed by atoms with Crippen LogP contribution in [0.1, 0.15) is 46.2 Å². The van der Waals surface area contributed by atoms with Gasteiger partial charge in [-0.1, -0.05) is 6.07 Å². The van der Waals surface area contributed by atoms with Crippen molar-refractivity contribution in [3.05, 3.63) is 53.0 Å². The van der Waals surface area contributed by atoms with Crippen molar-refractivity contribution in [3.8, 4) is 0 Å². The molecule has 25 heavy (non-hydrogen) atoms. The van der Waals surface area contributed by atoms with Gasteiger partial charge in [0.1, 0.15) is 11.5 Å². The van der Waals surface area contributed by atoms with Gasteiger partial charge in [-0.25, -0.2) is 9.78 Å². The summed E-state index contributed by atoms with van der Waals surface area (Å²) < 4.78 is 42.8. The van der Waals surface area contributed by atoms with E-state index < -0.39 is 17.8 Å². The van der Waals surface area contributed by atoms with Crippen molar-refractivity contribution in [2.75, 3.05) is 12.4 Å².